The van der Waals surface area contributed by atoms with Gasteiger partial charge in [-0.1, -0.05) is 20.8 Å². The van der Waals surface area contributed by atoms with Gasteiger partial charge in [0.2, 0.25) is 5.91 Å². The SMILES string of the molecule is CC(C)(C)[Si](C)(C)Oc1cc2c(cc1N)CCC(=O)N2. The number of nitrogens with two attached hydrogens (primary N) is 1. The number of rotatable bonds is 2. The Morgan fingerprint density at radius 1 is 1.25 bits per heavy atom. The molecule has 0 aromatic heterocycles. The summed E-state index contributed by atoms with van der Waals surface area (Å²) in [5, 5.41) is 3.00. The van der Waals surface area contributed by atoms with Crippen LogP contribution < -0.4 is 15.5 Å². The standard InChI is InChI=1S/C15H24N2O2Si/c1-15(2,3)20(4,5)19-13-9-12-10(8-11(13)16)6-7-14(18)17-12/h8-9H,6-7,16H2,1-5H3,(H,17,18). The number of benzene rings is 1. The number of carbonyl (C=O) groups excluding carboxylic acids is 1. The van der Waals surface area contributed by atoms with Gasteiger partial charge in [-0.05, 0) is 36.2 Å². The molecule has 110 valence electrons. The largest absolute Gasteiger partial charge is 0.542 e. The Hall–Kier alpha value is -1.49. The average Bonchev–Trinajstić information content (AvgIpc) is 2.29. The quantitative estimate of drug-likeness (QED) is 0.647. The van der Waals surface area contributed by atoms with Crippen LogP contribution >= 0.6 is 0 Å². The van der Waals surface area contributed by atoms with E-state index < -0.39 is 8.32 Å². The zero-order chi connectivity index (χ0) is 15.1. The highest BCUT2D eigenvalue weighted by molar-refractivity contribution is 6.74. The van der Waals surface area contributed by atoms with Crippen LogP contribution in [0.3, 0.4) is 0 Å². The highest BCUT2D eigenvalue weighted by Crippen LogP contribution is 2.40. The predicted molar refractivity (Wildman–Crippen MR) is 85.6 cm³/mol. The van der Waals surface area contributed by atoms with E-state index in [1.165, 1.54) is 0 Å². The molecule has 1 heterocycles. The monoisotopic (exact) mass is 292 g/mol. The van der Waals surface area contributed by atoms with Crippen LogP contribution in [0.15, 0.2) is 12.1 Å². The fourth-order valence-electron chi connectivity index (χ4n) is 1.94. The number of nitrogen functional groups attached to an aromatic ring is 1. The second-order valence-corrected chi connectivity index (χ2v) is 11.7. The molecular weight excluding hydrogens is 268 g/mol. The van der Waals surface area contributed by atoms with Crippen molar-refractivity contribution in [2.45, 2.75) is 51.7 Å². The van der Waals surface area contributed by atoms with E-state index in [4.69, 9.17) is 10.2 Å². The van der Waals surface area contributed by atoms with Crippen molar-refractivity contribution in [2.75, 3.05) is 11.1 Å². The Morgan fingerprint density at radius 2 is 1.90 bits per heavy atom. The third kappa shape index (κ3) is 2.82. The van der Waals surface area contributed by atoms with Crippen LogP contribution in [0, 0.1) is 0 Å². The van der Waals surface area contributed by atoms with Crippen LogP contribution in [0.1, 0.15) is 32.8 Å². The summed E-state index contributed by atoms with van der Waals surface area (Å²) in [6.45, 7) is 10.9. The van der Waals surface area contributed by atoms with Crippen molar-refractivity contribution in [3.05, 3.63) is 17.7 Å². The van der Waals surface area contributed by atoms with Crippen LogP contribution in [-0.4, -0.2) is 14.2 Å². The van der Waals surface area contributed by atoms with Gasteiger partial charge in [-0.3, -0.25) is 4.79 Å². The first kappa shape index (κ1) is 14.9. The highest BCUT2D eigenvalue weighted by Gasteiger charge is 2.39. The Bertz CT molecular complexity index is 548. The molecule has 1 amide bonds. The van der Waals surface area contributed by atoms with Gasteiger partial charge in [0.25, 0.3) is 8.32 Å². The van der Waals surface area contributed by atoms with Gasteiger partial charge >= 0.3 is 0 Å². The van der Waals surface area contributed by atoms with Gasteiger partial charge < -0.3 is 15.5 Å². The molecule has 0 radical (unpaired) electrons. The van der Waals surface area contributed by atoms with E-state index in [-0.39, 0.29) is 10.9 Å². The van der Waals surface area contributed by atoms with E-state index in [0.717, 1.165) is 17.7 Å². The molecule has 3 N–H and O–H groups in total. The predicted octanol–water partition coefficient (Wildman–Crippen LogP) is 3.54. The van der Waals surface area contributed by atoms with Gasteiger partial charge in [0.05, 0.1) is 5.69 Å². The normalized spacial score (nSPS) is 15.6. The molecule has 0 saturated carbocycles. The molecule has 5 heteroatoms. The van der Waals surface area contributed by atoms with Crippen molar-refractivity contribution in [3.63, 3.8) is 0 Å². The molecule has 0 atom stereocenters. The number of aryl methyl sites for hydroxylation is 1. The van der Waals surface area contributed by atoms with Crippen LogP contribution in [-0.2, 0) is 11.2 Å². The van der Waals surface area contributed by atoms with Crippen molar-refractivity contribution < 1.29 is 9.22 Å². The molecule has 1 aliphatic heterocycles. The molecule has 20 heavy (non-hydrogen) atoms. The number of hydrogen-bond acceptors (Lipinski definition) is 3. The topological polar surface area (TPSA) is 64.3 Å². The molecular formula is C15H24N2O2Si. The third-order valence-corrected chi connectivity index (χ3v) is 8.65. The third-order valence-electron chi connectivity index (χ3n) is 4.30. The van der Waals surface area contributed by atoms with Gasteiger partial charge in [0.15, 0.2) is 0 Å². The van der Waals surface area contributed by atoms with E-state index in [2.05, 4.69) is 39.2 Å². The summed E-state index contributed by atoms with van der Waals surface area (Å²) < 4.78 is 6.26. The molecule has 1 aromatic rings. The first-order valence-corrected chi connectivity index (χ1v) is 9.92. The van der Waals surface area contributed by atoms with E-state index in [9.17, 15) is 4.79 Å². The van der Waals surface area contributed by atoms with E-state index >= 15 is 0 Å². The molecule has 2 rings (SSSR count). The number of fused-ring (bicyclic) bond motifs is 1. The van der Waals surface area contributed by atoms with Crippen LogP contribution in [0.25, 0.3) is 0 Å². The molecule has 1 aliphatic rings. The molecule has 0 bridgehead atoms. The van der Waals surface area contributed by atoms with Crippen molar-refractivity contribution in [1.29, 1.82) is 0 Å². The Kier molecular flexibility index (Phi) is 3.58. The van der Waals surface area contributed by atoms with Crippen molar-refractivity contribution in [2.24, 2.45) is 0 Å². The first-order valence-electron chi connectivity index (χ1n) is 7.01. The lowest BCUT2D eigenvalue weighted by Crippen LogP contribution is -2.44. The molecule has 0 saturated heterocycles. The lowest BCUT2D eigenvalue weighted by atomic mass is 10.0. The fourth-order valence-corrected chi connectivity index (χ4v) is 2.98. The molecule has 1 aromatic carbocycles. The molecule has 0 fully saturated rings. The summed E-state index contributed by atoms with van der Waals surface area (Å²) in [4.78, 5) is 11.5. The number of carbonyl (C=O) groups is 1. The molecule has 4 nitrogen and oxygen atoms in total. The smallest absolute Gasteiger partial charge is 0.250 e. The second-order valence-electron chi connectivity index (χ2n) is 6.96. The Morgan fingerprint density at radius 3 is 2.50 bits per heavy atom. The fraction of sp³-hybridized carbons (Fsp3) is 0.533. The minimum atomic E-state index is -1.93. The number of anilines is 2. The minimum absolute atomic E-state index is 0.0561. The van der Waals surface area contributed by atoms with Crippen LogP contribution in [0.4, 0.5) is 11.4 Å². The van der Waals surface area contributed by atoms with Gasteiger partial charge in [-0.25, -0.2) is 0 Å². The first-order chi connectivity index (χ1) is 9.10. The van der Waals surface area contributed by atoms with Gasteiger partial charge in [-0.2, -0.15) is 0 Å². The maximum atomic E-state index is 11.5. The zero-order valence-corrected chi connectivity index (χ0v) is 14.0. The summed E-state index contributed by atoms with van der Waals surface area (Å²) in [7, 11) is -1.93. The summed E-state index contributed by atoms with van der Waals surface area (Å²) in [5.41, 5.74) is 8.70. The van der Waals surface area contributed by atoms with Gasteiger partial charge in [0.1, 0.15) is 5.75 Å². The summed E-state index contributed by atoms with van der Waals surface area (Å²) >= 11 is 0. The molecule has 0 unspecified atom stereocenters. The number of nitrogens with one attached hydrogen (secondary N) is 1. The summed E-state index contributed by atoms with van der Waals surface area (Å²) in [6, 6.07) is 3.81. The minimum Gasteiger partial charge on any atom is -0.542 e. The van der Waals surface area contributed by atoms with E-state index in [1.54, 1.807) is 0 Å². The maximum Gasteiger partial charge on any atom is 0.250 e. The maximum absolute atomic E-state index is 11.5. The van der Waals surface area contributed by atoms with Gasteiger partial charge in [0, 0.05) is 18.2 Å². The van der Waals surface area contributed by atoms with Gasteiger partial charge in [-0.15, -0.1) is 0 Å². The van der Waals surface area contributed by atoms with Crippen molar-refractivity contribution in [1.82, 2.24) is 0 Å². The molecule has 0 spiro atoms. The van der Waals surface area contributed by atoms with Crippen molar-refractivity contribution in [3.8, 4) is 5.75 Å². The number of amides is 1. The second kappa shape index (κ2) is 4.81. The van der Waals surface area contributed by atoms with E-state index in [1.807, 2.05) is 12.1 Å². The van der Waals surface area contributed by atoms with Crippen LogP contribution in [0.2, 0.25) is 18.1 Å². The zero-order valence-electron chi connectivity index (χ0n) is 13.0. The summed E-state index contributed by atoms with van der Waals surface area (Å²) in [6.07, 6.45) is 1.26. The Balaban J connectivity index is 2.34. The lowest BCUT2D eigenvalue weighted by molar-refractivity contribution is -0.116. The molecule has 0 aliphatic carbocycles. The lowest BCUT2D eigenvalue weighted by Gasteiger charge is -2.37. The number of hydrogen-bond donors (Lipinski definition) is 2. The average molecular weight is 292 g/mol. The van der Waals surface area contributed by atoms with Crippen LogP contribution in [0.5, 0.6) is 5.75 Å². The summed E-state index contributed by atoms with van der Waals surface area (Å²) in [5.74, 6) is 0.748. The highest BCUT2D eigenvalue weighted by atomic mass is 28.4. The van der Waals surface area contributed by atoms with E-state index in [0.29, 0.717) is 17.9 Å². The Labute approximate surface area is 121 Å². The van der Waals surface area contributed by atoms with Crippen molar-refractivity contribution >= 4 is 25.6 Å².